The number of ketones is 1. The molecule has 4 heteroatoms. The molecule has 0 aliphatic rings. The van der Waals surface area contributed by atoms with Crippen molar-refractivity contribution in [2.24, 2.45) is 5.73 Å². The Morgan fingerprint density at radius 3 is 1.69 bits per heavy atom. The fraction of sp³-hybridized carbons (Fsp3) is 0.778. The number of carbonyl (C=O) groups is 2. The van der Waals surface area contributed by atoms with E-state index in [1.165, 1.54) is 4.90 Å². The van der Waals surface area contributed by atoms with Gasteiger partial charge >= 0.3 is 0 Å². The Morgan fingerprint density at radius 2 is 1.62 bits per heavy atom. The Hall–Kier alpha value is -0.900. The van der Waals surface area contributed by atoms with E-state index in [0.717, 1.165) is 0 Å². The number of nitrogens with zero attached hydrogens (tertiary/aromatic N) is 1. The molecule has 78 valence electrons. The Bertz CT molecular complexity index is 158. The molecule has 0 fully saturated rings. The smallest absolute Gasteiger partial charge is 0.223 e. The molecule has 0 aromatic heterocycles. The van der Waals surface area contributed by atoms with Crippen LogP contribution in [0.5, 0.6) is 0 Å². The van der Waals surface area contributed by atoms with E-state index in [4.69, 9.17) is 5.73 Å². The number of amides is 1. The second kappa shape index (κ2) is 9.19. The topological polar surface area (TPSA) is 63.4 Å². The first kappa shape index (κ1) is 14.6. The van der Waals surface area contributed by atoms with Crippen molar-refractivity contribution in [3.05, 3.63) is 0 Å². The Balaban J connectivity index is 0. The maximum Gasteiger partial charge on any atom is 0.223 e. The summed E-state index contributed by atoms with van der Waals surface area (Å²) in [6.07, 6.45) is 1.20. The molecular formula is C9H20N2O2. The van der Waals surface area contributed by atoms with Crippen LogP contribution in [0, 0.1) is 0 Å². The van der Waals surface area contributed by atoms with E-state index in [-0.39, 0.29) is 11.7 Å². The highest BCUT2D eigenvalue weighted by atomic mass is 16.2. The number of nitrogens with two attached hydrogens (primary N) is 1. The zero-order chi connectivity index (χ0) is 10.9. The van der Waals surface area contributed by atoms with Gasteiger partial charge in [0.1, 0.15) is 5.78 Å². The molecule has 1 amide bonds. The quantitative estimate of drug-likeness (QED) is 0.665. The van der Waals surface area contributed by atoms with E-state index in [9.17, 15) is 9.59 Å². The Labute approximate surface area is 80.1 Å². The fourth-order valence-electron chi connectivity index (χ4n) is 0.372. The van der Waals surface area contributed by atoms with Crippen molar-refractivity contribution in [3.8, 4) is 0 Å². The first-order valence-corrected chi connectivity index (χ1v) is 4.42. The number of rotatable bonds is 3. The summed E-state index contributed by atoms with van der Waals surface area (Å²) < 4.78 is 0. The van der Waals surface area contributed by atoms with E-state index >= 15 is 0 Å². The highest BCUT2D eigenvalue weighted by Crippen LogP contribution is 1.83. The van der Waals surface area contributed by atoms with Gasteiger partial charge in [0.2, 0.25) is 5.91 Å². The third-order valence-electron chi connectivity index (χ3n) is 1.50. The molecule has 0 spiro atoms. The van der Waals surface area contributed by atoms with Gasteiger partial charge in [-0.2, -0.15) is 0 Å². The van der Waals surface area contributed by atoms with Crippen LogP contribution in [0.15, 0.2) is 0 Å². The lowest BCUT2D eigenvalue weighted by molar-refractivity contribution is -0.129. The summed E-state index contributed by atoms with van der Waals surface area (Å²) in [5.41, 5.74) is 5.15. The molecule has 0 saturated carbocycles. The van der Waals surface area contributed by atoms with Gasteiger partial charge in [0.05, 0.1) is 6.67 Å². The third-order valence-corrected chi connectivity index (χ3v) is 1.50. The maximum absolute atomic E-state index is 10.6. The average molecular weight is 188 g/mol. The lowest BCUT2D eigenvalue weighted by Gasteiger charge is -2.11. The van der Waals surface area contributed by atoms with Gasteiger partial charge in [-0.15, -0.1) is 0 Å². The molecule has 0 saturated heterocycles. The summed E-state index contributed by atoms with van der Waals surface area (Å²) in [6.45, 7) is 5.56. The van der Waals surface area contributed by atoms with Crippen LogP contribution in [0.1, 0.15) is 33.6 Å². The molecule has 0 heterocycles. The zero-order valence-electron chi connectivity index (χ0n) is 8.96. The van der Waals surface area contributed by atoms with Crippen LogP contribution in [0.25, 0.3) is 0 Å². The van der Waals surface area contributed by atoms with Gasteiger partial charge in [0.25, 0.3) is 0 Å². The van der Waals surface area contributed by atoms with Crippen molar-refractivity contribution in [2.75, 3.05) is 13.7 Å². The third kappa shape index (κ3) is 11.1. The van der Waals surface area contributed by atoms with E-state index in [1.807, 2.05) is 13.8 Å². The molecule has 13 heavy (non-hydrogen) atoms. The van der Waals surface area contributed by atoms with E-state index in [1.54, 1.807) is 14.0 Å². The zero-order valence-corrected chi connectivity index (χ0v) is 8.96. The second-order valence-electron chi connectivity index (χ2n) is 2.68. The highest BCUT2D eigenvalue weighted by Gasteiger charge is 1.99. The number of carbonyl (C=O) groups excluding carboxylic acids is 2. The van der Waals surface area contributed by atoms with Gasteiger partial charge < -0.3 is 15.4 Å². The first-order valence-electron chi connectivity index (χ1n) is 4.42. The molecule has 0 rings (SSSR count). The standard InChI is InChI=1S/C5H12N2O.C4H8O/c1-3-5(8)7(2)4-6;1-3-4(2)5/h3-4,6H2,1-2H3;3H2,1-2H3. The number of Topliss-reactive ketones (excluding diaryl/α,β-unsaturated/α-hetero) is 1. The Kier molecular flexibility index (Phi) is 10.3. The van der Waals surface area contributed by atoms with Crippen LogP contribution < -0.4 is 5.73 Å². The van der Waals surface area contributed by atoms with E-state index in [0.29, 0.717) is 19.5 Å². The predicted octanol–water partition coefficient (Wildman–Crippen LogP) is 0.756. The van der Waals surface area contributed by atoms with E-state index in [2.05, 4.69) is 0 Å². The predicted molar refractivity (Wildman–Crippen MR) is 53.1 cm³/mol. The number of hydrogen-bond donors (Lipinski definition) is 1. The van der Waals surface area contributed by atoms with Crippen LogP contribution in [0.4, 0.5) is 0 Å². The minimum Gasteiger partial charge on any atom is -0.333 e. The maximum atomic E-state index is 10.6. The van der Waals surface area contributed by atoms with Gasteiger partial charge in [-0.25, -0.2) is 0 Å². The van der Waals surface area contributed by atoms with Gasteiger partial charge in [0.15, 0.2) is 0 Å². The van der Waals surface area contributed by atoms with Crippen LogP contribution in [0.3, 0.4) is 0 Å². The van der Waals surface area contributed by atoms with E-state index < -0.39 is 0 Å². The molecule has 0 radical (unpaired) electrons. The van der Waals surface area contributed by atoms with Crippen molar-refractivity contribution in [1.29, 1.82) is 0 Å². The molecule has 0 bridgehead atoms. The van der Waals surface area contributed by atoms with Crippen LogP contribution >= 0.6 is 0 Å². The Morgan fingerprint density at radius 1 is 1.23 bits per heavy atom. The second-order valence-corrected chi connectivity index (χ2v) is 2.68. The van der Waals surface area contributed by atoms with Crippen LogP contribution in [0.2, 0.25) is 0 Å². The molecule has 0 aliphatic carbocycles. The minimum absolute atomic E-state index is 0.0903. The van der Waals surface area contributed by atoms with Crippen molar-refractivity contribution in [3.63, 3.8) is 0 Å². The number of hydrogen-bond acceptors (Lipinski definition) is 3. The summed E-state index contributed by atoms with van der Waals surface area (Å²) in [5, 5.41) is 0. The normalized spacial score (nSPS) is 8.38. The van der Waals surface area contributed by atoms with Gasteiger partial charge in [0, 0.05) is 19.9 Å². The summed E-state index contributed by atoms with van der Waals surface area (Å²) in [7, 11) is 1.69. The van der Waals surface area contributed by atoms with Gasteiger partial charge in [-0.1, -0.05) is 13.8 Å². The van der Waals surface area contributed by atoms with Crippen molar-refractivity contribution < 1.29 is 9.59 Å². The summed E-state index contributed by atoms with van der Waals surface area (Å²) in [6, 6.07) is 0. The summed E-state index contributed by atoms with van der Waals surface area (Å²) in [4.78, 5) is 21.9. The fourth-order valence-corrected chi connectivity index (χ4v) is 0.372. The molecular weight excluding hydrogens is 168 g/mol. The SMILES string of the molecule is CCC(=O)N(C)CN.CCC(C)=O. The van der Waals surface area contributed by atoms with Crippen LogP contribution in [-0.4, -0.2) is 30.3 Å². The van der Waals surface area contributed by atoms with Crippen molar-refractivity contribution in [2.45, 2.75) is 33.6 Å². The monoisotopic (exact) mass is 188 g/mol. The molecule has 4 nitrogen and oxygen atoms in total. The minimum atomic E-state index is 0.0903. The summed E-state index contributed by atoms with van der Waals surface area (Å²) >= 11 is 0. The van der Waals surface area contributed by atoms with Gasteiger partial charge in [-0.05, 0) is 6.92 Å². The molecule has 2 N–H and O–H groups in total. The molecule has 0 unspecified atom stereocenters. The molecule has 0 aromatic carbocycles. The van der Waals surface area contributed by atoms with Gasteiger partial charge in [-0.3, -0.25) is 4.79 Å². The average Bonchev–Trinajstić information content (AvgIpc) is 2.16. The first-order chi connectivity index (χ1) is 5.99. The van der Waals surface area contributed by atoms with Crippen molar-refractivity contribution in [1.82, 2.24) is 4.90 Å². The lowest BCUT2D eigenvalue weighted by atomic mass is 10.4. The largest absolute Gasteiger partial charge is 0.333 e. The summed E-state index contributed by atoms with van der Waals surface area (Å²) in [5.74, 6) is 0.345. The van der Waals surface area contributed by atoms with Crippen LogP contribution in [-0.2, 0) is 9.59 Å². The molecule has 0 aromatic rings. The highest BCUT2D eigenvalue weighted by molar-refractivity contribution is 5.75. The molecule has 0 atom stereocenters. The lowest BCUT2D eigenvalue weighted by Crippen LogP contribution is -2.31. The van der Waals surface area contributed by atoms with Crippen molar-refractivity contribution >= 4 is 11.7 Å². The molecule has 0 aliphatic heterocycles.